The smallest absolute Gasteiger partial charge is 0.321 e. The number of thioether (sulfide) groups is 1. The number of carbonyl (C=O) groups is 1. The molecule has 1 aromatic carbocycles. The van der Waals surface area contributed by atoms with Crippen LogP contribution in [0.5, 0.6) is 5.75 Å². The van der Waals surface area contributed by atoms with Crippen molar-refractivity contribution in [2.75, 3.05) is 31.0 Å². The van der Waals surface area contributed by atoms with E-state index in [-0.39, 0.29) is 6.03 Å². The normalized spacial score (nSPS) is 18.2. The Morgan fingerprint density at radius 3 is 2.95 bits per heavy atom. The van der Waals surface area contributed by atoms with Gasteiger partial charge in [0, 0.05) is 24.5 Å². The number of nitrogens with one attached hydrogen (secondary N) is 1. The van der Waals surface area contributed by atoms with E-state index in [4.69, 9.17) is 4.74 Å². The molecule has 0 radical (unpaired) electrons. The minimum Gasteiger partial charge on any atom is -0.496 e. The number of ether oxygens (including phenoxy) is 1. The van der Waals surface area contributed by atoms with Crippen LogP contribution in [-0.4, -0.2) is 42.6 Å². The molecule has 2 amide bonds. The van der Waals surface area contributed by atoms with E-state index >= 15 is 0 Å². The van der Waals surface area contributed by atoms with Crippen LogP contribution in [0.4, 0.5) is 10.5 Å². The Bertz CT molecular complexity index is 464. The molecule has 0 aliphatic carbocycles. The van der Waals surface area contributed by atoms with Crippen LogP contribution in [0, 0.1) is 0 Å². The molecule has 6 heteroatoms. The number of hydrogen-bond acceptors (Lipinski definition) is 3. The van der Waals surface area contributed by atoms with Crippen LogP contribution in [0.15, 0.2) is 22.7 Å². The number of rotatable bonds is 3. The first-order valence-electron chi connectivity index (χ1n) is 6.07. The maximum atomic E-state index is 12.1. The van der Waals surface area contributed by atoms with E-state index in [0.29, 0.717) is 6.04 Å². The van der Waals surface area contributed by atoms with Gasteiger partial charge < -0.3 is 15.0 Å². The highest BCUT2D eigenvalue weighted by Crippen LogP contribution is 2.28. The Labute approximate surface area is 126 Å². The number of urea groups is 1. The van der Waals surface area contributed by atoms with Gasteiger partial charge in [-0.3, -0.25) is 0 Å². The summed E-state index contributed by atoms with van der Waals surface area (Å²) in [7, 11) is 3.47. The molecule has 0 unspecified atom stereocenters. The number of carbonyl (C=O) groups excluding carboxylic acids is 1. The summed E-state index contributed by atoms with van der Waals surface area (Å²) in [5, 5.41) is 2.90. The third-order valence-corrected chi connectivity index (χ3v) is 4.94. The van der Waals surface area contributed by atoms with Crippen LogP contribution in [0.25, 0.3) is 0 Å². The zero-order chi connectivity index (χ0) is 13.8. The molecule has 1 fully saturated rings. The highest BCUT2D eigenvalue weighted by molar-refractivity contribution is 9.10. The van der Waals surface area contributed by atoms with Gasteiger partial charge in [-0.2, -0.15) is 11.8 Å². The summed E-state index contributed by atoms with van der Waals surface area (Å²) in [6, 6.07) is 5.77. The summed E-state index contributed by atoms with van der Waals surface area (Å²) in [5.41, 5.74) is 0.759. The highest BCUT2D eigenvalue weighted by Gasteiger charge is 2.23. The molecule has 0 saturated carbocycles. The molecule has 1 aliphatic heterocycles. The first-order chi connectivity index (χ1) is 9.11. The summed E-state index contributed by atoms with van der Waals surface area (Å²) in [4.78, 5) is 13.9. The number of anilines is 1. The van der Waals surface area contributed by atoms with Gasteiger partial charge in [-0.1, -0.05) is 0 Å². The summed E-state index contributed by atoms with van der Waals surface area (Å²) in [5.74, 6) is 2.91. The van der Waals surface area contributed by atoms with Crippen molar-refractivity contribution in [3.05, 3.63) is 22.7 Å². The van der Waals surface area contributed by atoms with Crippen molar-refractivity contribution in [3.8, 4) is 5.75 Å². The van der Waals surface area contributed by atoms with Crippen LogP contribution in [0.3, 0.4) is 0 Å². The first kappa shape index (κ1) is 14.5. The van der Waals surface area contributed by atoms with Crippen LogP contribution in [-0.2, 0) is 0 Å². The minimum absolute atomic E-state index is 0.0652. The number of benzene rings is 1. The molecule has 2 rings (SSSR count). The van der Waals surface area contributed by atoms with E-state index in [1.807, 2.05) is 37.0 Å². The van der Waals surface area contributed by atoms with Gasteiger partial charge in [-0.05, 0) is 46.3 Å². The molecule has 104 valence electrons. The van der Waals surface area contributed by atoms with Gasteiger partial charge in [0.15, 0.2) is 0 Å². The van der Waals surface area contributed by atoms with Crippen molar-refractivity contribution in [1.82, 2.24) is 4.90 Å². The molecule has 0 spiro atoms. The Morgan fingerprint density at radius 2 is 2.37 bits per heavy atom. The average Bonchev–Trinajstić information content (AvgIpc) is 2.92. The second-order valence-corrected chi connectivity index (χ2v) is 6.41. The zero-order valence-electron chi connectivity index (χ0n) is 11.0. The lowest BCUT2D eigenvalue weighted by molar-refractivity contribution is 0.209. The molecule has 0 aromatic heterocycles. The molecule has 1 heterocycles. The molecule has 1 saturated heterocycles. The number of halogens is 1. The van der Waals surface area contributed by atoms with Crippen LogP contribution < -0.4 is 10.1 Å². The van der Waals surface area contributed by atoms with E-state index in [1.54, 1.807) is 12.0 Å². The Balaban J connectivity index is 2.00. The average molecular weight is 345 g/mol. The highest BCUT2D eigenvalue weighted by atomic mass is 79.9. The van der Waals surface area contributed by atoms with E-state index in [2.05, 4.69) is 21.2 Å². The lowest BCUT2D eigenvalue weighted by atomic mass is 10.2. The van der Waals surface area contributed by atoms with Gasteiger partial charge in [0.2, 0.25) is 0 Å². The standard InChI is InChI=1S/C13H17BrN2O2S/c1-16(10-5-6-19-8-10)13(17)15-9-3-4-12(18-2)11(14)7-9/h3-4,7,10H,5-6,8H2,1-2H3,(H,15,17)/t10-/m1/s1. The van der Waals surface area contributed by atoms with Crippen molar-refractivity contribution >= 4 is 39.4 Å². The summed E-state index contributed by atoms with van der Waals surface area (Å²) < 4.78 is 5.99. The third-order valence-electron chi connectivity index (χ3n) is 3.18. The van der Waals surface area contributed by atoms with Crippen molar-refractivity contribution in [1.29, 1.82) is 0 Å². The van der Waals surface area contributed by atoms with Crippen molar-refractivity contribution in [2.24, 2.45) is 0 Å². The number of nitrogens with zero attached hydrogens (tertiary/aromatic N) is 1. The first-order valence-corrected chi connectivity index (χ1v) is 8.01. The molecular formula is C13H17BrN2O2S. The fraction of sp³-hybridized carbons (Fsp3) is 0.462. The molecule has 1 atom stereocenters. The Kier molecular flexibility index (Phi) is 4.99. The Morgan fingerprint density at radius 1 is 1.58 bits per heavy atom. The second kappa shape index (κ2) is 6.52. The predicted molar refractivity (Wildman–Crippen MR) is 83.2 cm³/mol. The van der Waals surface area contributed by atoms with Gasteiger partial charge in [0.25, 0.3) is 0 Å². The van der Waals surface area contributed by atoms with Crippen LogP contribution in [0.2, 0.25) is 0 Å². The van der Waals surface area contributed by atoms with E-state index in [9.17, 15) is 4.79 Å². The van der Waals surface area contributed by atoms with Crippen molar-refractivity contribution in [3.63, 3.8) is 0 Å². The lowest BCUT2D eigenvalue weighted by Crippen LogP contribution is -2.39. The van der Waals surface area contributed by atoms with E-state index < -0.39 is 0 Å². The fourth-order valence-electron chi connectivity index (χ4n) is 1.95. The summed E-state index contributed by atoms with van der Waals surface area (Å²) >= 11 is 5.30. The molecule has 4 nitrogen and oxygen atoms in total. The maximum Gasteiger partial charge on any atom is 0.321 e. The third kappa shape index (κ3) is 3.57. The number of amides is 2. The van der Waals surface area contributed by atoms with E-state index in [1.165, 1.54) is 0 Å². The quantitative estimate of drug-likeness (QED) is 0.913. The van der Waals surface area contributed by atoms with Crippen LogP contribution in [0.1, 0.15) is 6.42 Å². The molecule has 1 N–H and O–H groups in total. The topological polar surface area (TPSA) is 41.6 Å². The van der Waals surface area contributed by atoms with Gasteiger partial charge >= 0.3 is 6.03 Å². The fourth-order valence-corrected chi connectivity index (χ4v) is 3.76. The van der Waals surface area contributed by atoms with Crippen molar-refractivity contribution in [2.45, 2.75) is 12.5 Å². The van der Waals surface area contributed by atoms with Gasteiger partial charge in [0.1, 0.15) is 5.75 Å². The molecule has 19 heavy (non-hydrogen) atoms. The van der Waals surface area contributed by atoms with Gasteiger partial charge in [-0.25, -0.2) is 4.79 Å². The van der Waals surface area contributed by atoms with E-state index in [0.717, 1.165) is 33.8 Å². The minimum atomic E-state index is -0.0652. The molecular weight excluding hydrogens is 328 g/mol. The Hall–Kier alpha value is -0.880. The number of hydrogen-bond donors (Lipinski definition) is 1. The number of methoxy groups -OCH3 is 1. The zero-order valence-corrected chi connectivity index (χ0v) is 13.4. The van der Waals surface area contributed by atoms with Gasteiger partial charge in [0.05, 0.1) is 11.6 Å². The SMILES string of the molecule is COc1ccc(NC(=O)N(C)[C@@H]2CCSC2)cc1Br. The summed E-state index contributed by atoms with van der Waals surface area (Å²) in [6.45, 7) is 0. The monoisotopic (exact) mass is 344 g/mol. The molecule has 1 aromatic rings. The largest absolute Gasteiger partial charge is 0.496 e. The second-order valence-electron chi connectivity index (χ2n) is 4.41. The predicted octanol–water partition coefficient (Wildman–Crippen LogP) is 3.43. The maximum absolute atomic E-state index is 12.1. The summed E-state index contributed by atoms with van der Waals surface area (Å²) in [6.07, 6.45) is 1.07. The van der Waals surface area contributed by atoms with Gasteiger partial charge in [-0.15, -0.1) is 0 Å². The lowest BCUT2D eigenvalue weighted by Gasteiger charge is -2.24. The molecule has 1 aliphatic rings. The molecule has 0 bridgehead atoms. The van der Waals surface area contributed by atoms with Crippen LogP contribution >= 0.6 is 27.7 Å². The van der Waals surface area contributed by atoms with Crippen molar-refractivity contribution < 1.29 is 9.53 Å².